The van der Waals surface area contributed by atoms with Crippen LogP contribution in [0.5, 0.6) is 0 Å². The second-order valence-corrected chi connectivity index (χ2v) is 5.56. The van der Waals surface area contributed by atoms with E-state index in [2.05, 4.69) is 19.2 Å². The summed E-state index contributed by atoms with van der Waals surface area (Å²) in [5.74, 6) is -0.274. The fourth-order valence-corrected chi connectivity index (χ4v) is 2.65. The SMILES string of the molecule is CCOC(=O)CNc1ccc2c(c1)C(O)CC2(C)C. The molecule has 1 aliphatic rings. The maximum atomic E-state index is 11.3. The number of carbonyl (C=O) groups is 1. The molecule has 104 valence electrons. The van der Waals surface area contributed by atoms with E-state index in [0.29, 0.717) is 6.61 Å². The third-order valence-electron chi connectivity index (χ3n) is 3.59. The van der Waals surface area contributed by atoms with Crippen LogP contribution in [0.4, 0.5) is 5.69 Å². The summed E-state index contributed by atoms with van der Waals surface area (Å²) in [5, 5.41) is 13.1. The highest BCUT2D eigenvalue weighted by atomic mass is 16.5. The van der Waals surface area contributed by atoms with Crippen molar-refractivity contribution in [1.82, 2.24) is 0 Å². The van der Waals surface area contributed by atoms with Crippen LogP contribution >= 0.6 is 0 Å². The Hall–Kier alpha value is -1.55. The lowest BCUT2D eigenvalue weighted by Gasteiger charge is -2.18. The molecule has 1 aromatic rings. The van der Waals surface area contributed by atoms with Crippen LogP contribution in [0.1, 0.15) is 44.4 Å². The zero-order chi connectivity index (χ0) is 14.0. The molecule has 19 heavy (non-hydrogen) atoms. The molecule has 0 saturated carbocycles. The van der Waals surface area contributed by atoms with Crippen molar-refractivity contribution in [3.8, 4) is 0 Å². The smallest absolute Gasteiger partial charge is 0.325 e. The van der Waals surface area contributed by atoms with Gasteiger partial charge in [0.25, 0.3) is 0 Å². The summed E-state index contributed by atoms with van der Waals surface area (Å²) >= 11 is 0. The number of aliphatic hydroxyl groups excluding tert-OH is 1. The van der Waals surface area contributed by atoms with Gasteiger partial charge in [-0.25, -0.2) is 0 Å². The van der Waals surface area contributed by atoms with E-state index in [1.54, 1.807) is 6.92 Å². The minimum atomic E-state index is -0.422. The number of esters is 1. The Bertz CT molecular complexity index is 482. The van der Waals surface area contributed by atoms with Gasteiger partial charge in [-0.1, -0.05) is 19.9 Å². The quantitative estimate of drug-likeness (QED) is 0.819. The van der Waals surface area contributed by atoms with Crippen LogP contribution in [-0.2, 0) is 14.9 Å². The first-order valence-corrected chi connectivity index (χ1v) is 6.66. The van der Waals surface area contributed by atoms with Crippen molar-refractivity contribution in [3.63, 3.8) is 0 Å². The van der Waals surface area contributed by atoms with Crippen molar-refractivity contribution in [3.05, 3.63) is 29.3 Å². The van der Waals surface area contributed by atoms with Gasteiger partial charge in [0.15, 0.2) is 0 Å². The summed E-state index contributed by atoms with van der Waals surface area (Å²) < 4.78 is 4.86. The fourth-order valence-electron chi connectivity index (χ4n) is 2.65. The fraction of sp³-hybridized carbons (Fsp3) is 0.533. The Morgan fingerprint density at radius 1 is 1.53 bits per heavy atom. The molecule has 1 aromatic carbocycles. The van der Waals surface area contributed by atoms with Gasteiger partial charge in [0.05, 0.1) is 12.7 Å². The third kappa shape index (κ3) is 2.89. The normalized spacial score (nSPS) is 19.9. The maximum absolute atomic E-state index is 11.3. The monoisotopic (exact) mass is 263 g/mol. The molecule has 1 aliphatic carbocycles. The molecule has 2 N–H and O–H groups in total. The summed E-state index contributed by atoms with van der Waals surface area (Å²) in [4.78, 5) is 11.3. The van der Waals surface area contributed by atoms with Crippen LogP contribution in [0, 0.1) is 0 Å². The molecule has 1 atom stereocenters. The second-order valence-electron chi connectivity index (χ2n) is 5.56. The summed E-state index contributed by atoms with van der Waals surface area (Å²) in [6.07, 6.45) is 0.318. The molecule has 0 fully saturated rings. The Morgan fingerprint density at radius 3 is 2.95 bits per heavy atom. The van der Waals surface area contributed by atoms with Crippen LogP contribution in [-0.4, -0.2) is 24.2 Å². The minimum Gasteiger partial charge on any atom is -0.465 e. The lowest BCUT2D eigenvalue weighted by Crippen LogP contribution is -2.17. The number of hydrogen-bond acceptors (Lipinski definition) is 4. The van der Waals surface area contributed by atoms with E-state index in [4.69, 9.17) is 4.74 Å². The molecule has 2 rings (SSSR count). The highest BCUT2D eigenvalue weighted by Gasteiger charge is 2.35. The van der Waals surface area contributed by atoms with Crippen LogP contribution in [0.15, 0.2) is 18.2 Å². The van der Waals surface area contributed by atoms with E-state index >= 15 is 0 Å². The number of benzene rings is 1. The first-order valence-electron chi connectivity index (χ1n) is 6.66. The van der Waals surface area contributed by atoms with Crippen molar-refractivity contribution in [2.75, 3.05) is 18.5 Å². The van der Waals surface area contributed by atoms with E-state index in [1.807, 2.05) is 18.2 Å². The Balaban J connectivity index is 2.10. The highest BCUT2D eigenvalue weighted by molar-refractivity contribution is 5.75. The van der Waals surface area contributed by atoms with Gasteiger partial charge in [0, 0.05) is 5.69 Å². The molecule has 4 heteroatoms. The van der Waals surface area contributed by atoms with Gasteiger partial charge in [-0.3, -0.25) is 4.79 Å². The van der Waals surface area contributed by atoms with E-state index in [1.165, 1.54) is 5.56 Å². The van der Waals surface area contributed by atoms with Crippen molar-refractivity contribution < 1.29 is 14.6 Å². The first-order chi connectivity index (χ1) is 8.94. The van der Waals surface area contributed by atoms with Crippen molar-refractivity contribution in [2.45, 2.75) is 38.7 Å². The number of rotatable bonds is 4. The van der Waals surface area contributed by atoms with Gasteiger partial charge in [-0.05, 0) is 42.0 Å². The molecule has 0 bridgehead atoms. The second kappa shape index (κ2) is 5.21. The van der Waals surface area contributed by atoms with E-state index < -0.39 is 6.10 Å². The highest BCUT2D eigenvalue weighted by Crippen LogP contribution is 2.45. The number of aliphatic hydroxyl groups is 1. The molecule has 0 radical (unpaired) electrons. The zero-order valence-corrected chi connectivity index (χ0v) is 11.7. The molecule has 1 unspecified atom stereocenters. The summed E-state index contributed by atoms with van der Waals surface area (Å²) in [5.41, 5.74) is 2.98. The van der Waals surface area contributed by atoms with Crippen LogP contribution in [0.25, 0.3) is 0 Å². The molecule has 0 aromatic heterocycles. The zero-order valence-electron chi connectivity index (χ0n) is 11.7. The maximum Gasteiger partial charge on any atom is 0.325 e. The van der Waals surface area contributed by atoms with E-state index in [0.717, 1.165) is 17.7 Å². The summed E-state index contributed by atoms with van der Waals surface area (Å²) in [6, 6.07) is 5.89. The van der Waals surface area contributed by atoms with Crippen molar-refractivity contribution in [1.29, 1.82) is 0 Å². The van der Waals surface area contributed by atoms with Crippen LogP contribution in [0.2, 0.25) is 0 Å². The minimum absolute atomic E-state index is 0.00835. The number of hydrogen-bond donors (Lipinski definition) is 2. The van der Waals surface area contributed by atoms with Gasteiger partial charge < -0.3 is 15.2 Å². The van der Waals surface area contributed by atoms with Crippen LogP contribution in [0.3, 0.4) is 0 Å². The van der Waals surface area contributed by atoms with Gasteiger partial charge in [-0.2, -0.15) is 0 Å². The lowest BCUT2D eigenvalue weighted by molar-refractivity contribution is -0.140. The molecule has 0 aliphatic heterocycles. The first kappa shape index (κ1) is 13.9. The summed E-state index contributed by atoms with van der Waals surface area (Å²) in [7, 11) is 0. The standard InChI is InChI=1S/C15H21NO3/c1-4-19-14(18)9-16-10-5-6-12-11(7-10)13(17)8-15(12,2)3/h5-7,13,16-17H,4,8-9H2,1-3H3. The Labute approximate surface area is 113 Å². The third-order valence-corrected chi connectivity index (χ3v) is 3.59. The predicted octanol–water partition coefficient (Wildman–Crippen LogP) is 2.38. The molecule has 0 spiro atoms. The molecular weight excluding hydrogens is 242 g/mol. The topological polar surface area (TPSA) is 58.6 Å². The molecule has 0 saturated heterocycles. The van der Waals surface area contributed by atoms with E-state index in [-0.39, 0.29) is 17.9 Å². The Kier molecular flexibility index (Phi) is 3.80. The predicted molar refractivity (Wildman–Crippen MR) is 74.2 cm³/mol. The van der Waals surface area contributed by atoms with Gasteiger partial charge in [0.1, 0.15) is 6.54 Å². The number of carbonyl (C=O) groups excluding carboxylic acids is 1. The van der Waals surface area contributed by atoms with E-state index in [9.17, 15) is 9.90 Å². The molecule has 0 amide bonds. The van der Waals surface area contributed by atoms with Crippen molar-refractivity contribution in [2.24, 2.45) is 0 Å². The molecule has 4 nitrogen and oxygen atoms in total. The number of fused-ring (bicyclic) bond motifs is 1. The van der Waals surface area contributed by atoms with Crippen LogP contribution < -0.4 is 5.32 Å². The Morgan fingerprint density at radius 2 is 2.26 bits per heavy atom. The summed E-state index contributed by atoms with van der Waals surface area (Å²) in [6.45, 7) is 6.58. The van der Waals surface area contributed by atoms with Gasteiger partial charge >= 0.3 is 5.97 Å². The number of anilines is 1. The van der Waals surface area contributed by atoms with Crippen molar-refractivity contribution >= 4 is 11.7 Å². The number of nitrogens with one attached hydrogen (secondary N) is 1. The van der Waals surface area contributed by atoms with Gasteiger partial charge in [-0.15, -0.1) is 0 Å². The average molecular weight is 263 g/mol. The lowest BCUT2D eigenvalue weighted by atomic mass is 9.86. The molecule has 0 heterocycles. The average Bonchev–Trinajstić information content (AvgIpc) is 2.57. The number of ether oxygens (including phenoxy) is 1. The largest absolute Gasteiger partial charge is 0.465 e. The van der Waals surface area contributed by atoms with Gasteiger partial charge in [0.2, 0.25) is 0 Å². The molecular formula is C15H21NO3.